The van der Waals surface area contributed by atoms with Crippen LogP contribution in [0.5, 0.6) is 0 Å². The maximum atomic E-state index is 12.0. The maximum absolute atomic E-state index is 12.0. The van der Waals surface area contributed by atoms with Crippen molar-refractivity contribution in [3.8, 4) is 0 Å². The Morgan fingerprint density at radius 2 is 1.80 bits per heavy atom. The largest absolute Gasteiger partial charge is 0.481 e. The van der Waals surface area contributed by atoms with Gasteiger partial charge in [-0.2, -0.15) is 0 Å². The zero-order chi connectivity index (χ0) is 14.1. The Morgan fingerprint density at radius 3 is 2.50 bits per heavy atom. The van der Waals surface area contributed by atoms with Gasteiger partial charge in [0.1, 0.15) is 0 Å². The number of hydrogen-bond acceptors (Lipinski definition) is 2. The van der Waals surface area contributed by atoms with Crippen molar-refractivity contribution in [2.45, 2.75) is 25.3 Å². The van der Waals surface area contributed by atoms with Gasteiger partial charge in [0.15, 0.2) is 0 Å². The van der Waals surface area contributed by atoms with E-state index < -0.39 is 11.9 Å². The van der Waals surface area contributed by atoms with Crippen LogP contribution in [-0.4, -0.2) is 23.1 Å². The molecule has 1 aromatic carbocycles. The topological polar surface area (TPSA) is 78.4 Å². The number of hydrogen-bond donors (Lipinski definition) is 3. The molecule has 2 aliphatic rings. The Hall–Kier alpha value is -2.04. The highest BCUT2D eigenvalue weighted by molar-refractivity contribution is 5.90. The summed E-state index contributed by atoms with van der Waals surface area (Å²) in [5.74, 6) is -0.695. The molecule has 20 heavy (non-hydrogen) atoms. The Morgan fingerprint density at radius 1 is 1.10 bits per heavy atom. The average Bonchev–Trinajstić information content (AvgIpc) is 3.00. The van der Waals surface area contributed by atoms with E-state index in [2.05, 4.69) is 10.6 Å². The van der Waals surface area contributed by atoms with E-state index in [0.29, 0.717) is 11.6 Å². The number of anilines is 1. The van der Waals surface area contributed by atoms with E-state index in [0.717, 1.165) is 19.3 Å². The number of fused-ring (bicyclic) bond motifs is 2. The van der Waals surface area contributed by atoms with Gasteiger partial charge in [0, 0.05) is 11.7 Å². The Kier molecular flexibility index (Phi) is 3.34. The van der Waals surface area contributed by atoms with Crippen LogP contribution in [0.2, 0.25) is 0 Å². The van der Waals surface area contributed by atoms with Gasteiger partial charge < -0.3 is 15.7 Å². The van der Waals surface area contributed by atoms with Crippen molar-refractivity contribution >= 4 is 17.7 Å². The van der Waals surface area contributed by atoms with Gasteiger partial charge in [-0.1, -0.05) is 18.2 Å². The average molecular weight is 274 g/mol. The van der Waals surface area contributed by atoms with Crippen molar-refractivity contribution in [1.82, 2.24) is 5.32 Å². The van der Waals surface area contributed by atoms with Crippen LogP contribution in [0.25, 0.3) is 0 Å². The van der Waals surface area contributed by atoms with Crippen LogP contribution in [0, 0.1) is 17.8 Å². The van der Waals surface area contributed by atoms with Crippen molar-refractivity contribution in [3.63, 3.8) is 0 Å². The van der Waals surface area contributed by atoms with Gasteiger partial charge in [-0.25, -0.2) is 4.79 Å². The smallest absolute Gasteiger partial charge is 0.319 e. The van der Waals surface area contributed by atoms with E-state index >= 15 is 0 Å². The fourth-order valence-corrected chi connectivity index (χ4v) is 3.69. The highest BCUT2D eigenvalue weighted by Gasteiger charge is 2.51. The minimum atomic E-state index is -0.790. The van der Waals surface area contributed by atoms with E-state index in [-0.39, 0.29) is 18.0 Å². The molecule has 0 aliphatic heterocycles. The van der Waals surface area contributed by atoms with Gasteiger partial charge in [-0.05, 0) is 43.2 Å². The molecule has 0 saturated heterocycles. The fraction of sp³-hybridized carbons (Fsp3) is 0.467. The van der Waals surface area contributed by atoms with E-state index in [1.165, 1.54) is 0 Å². The molecule has 0 spiro atoms. The highest BCUT2D eigenvalue weighted by Crippen LogP contribution is 2.48. The standard InChI is InChI=1S/C15H18N2O3/c18-14(19)12-9-6-7-10(8-9)13(12)17-15(20)16-11-4-2-1-3-5-11/h1-5,9-10,12-13H,6-8H2,(H,18,19)(H2,16,17,20). The van der Waals surface area contributed by atoms with Crippen molar-refractivity contribution in [2.75, 3.05) is 5.32 Å². The monoisotopic (exact) mass is 274 g/mol. The van der Waals surface area contributed by atoms with Gasteiger partial charge in [0.05, 0.1) is 5.92 Å². The lowest BCUT2D eigenvalue weighted by molar-refractivity contribution is -0.144. The van der Waals surface area contributed by atoms with Crippen molar-refractivity contribution < 1.29 is 14.7 Å². The first-order valence-corrected chi connectivity index (χ1v) is 7.00. The van der Waals surface area contributed by atoms with Crippen molar-refractivity contribution in [3.05, 3.63) is 30.3 Å². The molecule has 0 heterocycles. The summed E-state index contributed by atoms with van der Waals surface area (Å²) in [6, 6.07) is 8.60. The summed E-state index contributed by atoms with van der Waals surface area (Å²) in [6.07, 6.45) is 2.91. The van der Waals surface area contributed by atoms with Crippen LogP contribution in [0.3, 0.4) is 0 Å². The summed E-state index contributed by atoms with van der Waals surface area (Å²) in [5, 5.41) is 14.9. The molecule has 4 atom stereocenters. The third kappa shape index (κ3) is 2.35. The molecule has 2 amide bonds. The van der Waals surface area contributed by atoms with Gasteiger partial charge in [0.2, 0.25) is 0 Å². The maximum Gasteiger partial charge on any atom is 0.319 e. The predicted octanol–water partition coefficient (Wildman–Crippen LogP) is 2.31. The number of carboxylic acid groups (broad SMARTS) is 1. The lowest BCUT2D eigenvalue weighted by atomic mass is 9.84. The lowest BCUT2D eigenvalue weighted by Gasteiger charge is -2.28. The minimum absolute atomic E-state index is 0.222. The first kappa shape index (κ1) is 13.0. The first-order valence-electron chi connectivity index (χ1n) is 7.00. The van der Waals surface area contributed by atoms with Gasteiger partial charge in [-0.15, -0.1) is 0 Å². The number of rotatable bonds is 3. The number of para-hydroxylation sites is 1. The molecule has 2 bridgehead atoms. The summed E-state index contributed by atoms with van der Waals surface area (Å²) < 4.78 is 0. The Bertz CT molecular complexity index is 517. The molecule has 4 unspecified atom stereocenters. The molecule has 2 aliphatic carbocycles. The molecule has 0 radical (unpaired) electrons. The van der Waals surface area contributed by atoms with Crippen molar-refractivity contribution in [1.29, 1.82) is 0 Å². The van der Waals surface area contributed by atoms with Crippen LogP contribution in [0.4, 0.5) is 10.5 Å². The third-order valence-corrected chi connectivity index (χ3v) is 4.53. The molecule has 0 aromatic heterocycles. The summed E-state index contributed by atoms with van der Waals surface area (Å²) in [7, 11) is 0. The molecular weight excluding hydrogens is 256 g/mol. The molecule has 3 N–H and O–H groups in total. The van der Waals surface area contributed by atoms with E-state index in [9.17, 15) is 14.7 Å². The van der Waals surface area contributed by atoms with E-state index in [4.69, 9.17) is 0 Å². The van der Waals surface area contributed by atoms with Crippen LogP contribution in [0.15, 0.2) is 30.3 Å². The summed E-state index contributed by atoms with van der Waals surface area (Å²) in [5.41, 5.74) is 0.708. The number of carboxylic acids is 1. The number of amides is 2. The first-order chi connectivity index (χ1) is 9.65. The second kappa shape index (κ2) is 5.15. The number of benzene rings is 1. The molecule has 3 rings (SSSR count). The number of nitrogens with one attached hydrogen (secondary N) is 2. The second-order valence-electron chi connectivity index (χ2n) is 5.69. The molecule has 5 nitrogen and oxygen atoms in total. The summed E-state index contributed by atoms with van der Waals surface area (Å²) >= 11 is 0. The summed E-state index contributed by atoms with van der Waals surface area (Å²) in [6.45, 7) is 0. The minimum Gasteiger partial charge on any atom is -0.481 e. The third-order valence-electron chi connectivity index (χ3n) is 4.53. The highest BCUT2D eigenvalue weighted by atomic mass is 16.4. The van der Waals surface area contributed by atoms with Gasteiger partial charge >= 0.3 is 12.0 Å². The SMILES string of the molecule is O=C(Nc1ccccc1)NC1C2CCC(C2)C1C(=O)O. The second-order valence-corrected chi connectivity index (χ2v) is 5.69. The predicted molar refractivity (Wildman–Crippen MR) is 74.3 cm³/mol. The van der Waals surface area contributed by atoms with Crippen LogP contribution >= 0.6 is 0 Å². The normalized spacial score (nSPS) is 31.0. The van der Waals surface area contributed by atoms with E-state index in [1.807, 2.05) is 18.2 Å². The molecule has 5 heteroatoms. The number of aliphatic carboxylic acids is 1. The Balaban J connectivity index is 1.65. The Labute approximate surface area is 117 Å². The molecule has 1 aromatic rings. The van der Waals surface area contributed by atoms with Crippen LogP contribution in [-0.2, 0) is 4.79 Å². The van der Waals surface area contributed by atoms with Crippen molar-refractivity contribution in [2.24, 2.45) is 17.8 Å². The number of carbonyl (C=O) groups excluding carboxylic acids is 1. The van der Waals surface area contributed by atoms with Gasteiger partial charge in [0.25, 0.3) is 0 Å². The zero-order valence-corrected chi connectivity index (χ0v) is 11.1. The zero-order valence-electron chi connectivity index (χ0n) is 11.1. The molecule has 2 fully saturated rings. The van der Waals surface area contributed by atoms with E-state index in [1.54, 1.807) is 12.1 Å². The lowest BCUT2D eigenvalue weighted by Crippen LogP contribution is -2.48. The van der Waals surface area contributed by atoms with Crippen LogP contribution < -0.4 is 10.6 Å². The molecular formula is C15H18N2O3. The fourth-order valence-electron chi connectivity index (χ4n) is 3.69. The number of carbonyl (C=O) groups is 2. The number of urea groups is 1. The van der Waals surface area contributed by atoms with Crippen LogP contribution in [0.1, 0.15) is 19.3 Å². The molecule has 106 valence electrons. The summed E-state index contributed by atoms with van der Waals surface area (Å²) in [4.78, 5) is 23.4. The quantitative estimate of drug-likeness (QED) is 0.791. The molecule has 2 saturated carbocycles. The van der Waals surface area contributed by atoms with Gasteiger partial charge in [-0.3, -0.25) is 4.79 Å².